The van der Waals surface area contributed by atoms with E-state index in [0.717, 1.165) is 12.0 Å². The van der Waals surface area contributed by atoms with Gasteiger partial charge in [0.25, 0.3) is 11.7 Å². The number of fused-ring (bicyclic) bond motifs is 3. The third-order valence-electron chi connectivity index (χ3n) is 17.0. The molecule has 0 aromatic rings. The highest BCUT2D eigenvalue weighted by Crippen LogP contribution is 2.39. The fourth-order valence-corrected chi connectivity index (χ4v) is 12.2. The van der Waals surface area contributed by atoms with Crippen LogP contribution in [0.15, 0.2) is 47.6 Å². The van der Waals surface area contributed by atoms with Crippen LogP contribution in [0.5, 0.6) is 0 Å². The topological polar surface area (TPSA) is 214 Å². The lowest BCUT2D eigenvalue weighted by Gasteiger charge is -2.43. The second-order valence-electron chi connectivity index (χ2n) is 23.4. The summed E-state index contributed by atoms with van der Waals surface area (Å²) in [4.78, 5) is 59.0. The smallest absolute Gasteiger partial charge is 0.329 e. The summed E-state index contributed by atoms with van der Waals surface area (Å²) in [5.74, 6) is -6.85. The van der Waals surface area contributed by atoms with E-state index in [1.165, 1.54) is 12.0 Å². The van der Waals surface area contributed by atoms with Gasteiger partial charge in [0.15, 0.2) is 10.8 Å². The van der Waals surface area contributed by atoms with E-state index < -0.39 is 77.9 Å². The summed E-state index contributed by atoms with van der Waals surface area (Å²) >= 11 is 5.68. The molecule has 2 saturated heterocycles. The molecule has 4 rings (SSSR count). The molecule has 3 fully saturated rings. The minimum Gasteiger partial charge on any atom is -0.481 e. The quantitative estimate of drug-likeness (QED) is 0.0363. The van der Waals surface area contributed by atoms with Gasteiger partial charge in [0.05, 0.1) is 64.1 Å². The van der Waals surface area contributed by atoms with Crippen LogP contribution in [0, 0.1) is 35.5 Å². The van der Waals surface area contributed by atoms with Gasteiger partial charge < -0.3 is 67.2 Å². The Morgan fingerprint density at radius 3 is 2.10 bits per heavy atom. The maximum Gasteiger partial charge on any atom is 0.329 e. The first-order valence-electron chi connectivity index (χ1n) is 30.1. The number of carbonyl (C=O) groups is 4. The minimum atomic E-state index is -2.42. The summed E-state index contributed by atoms with van der Waals surface area (Å²) in [6, 6.07) is -1.09. The van der Waals surface area contributed by atoms with Gasteiger partial charge in [0.1, 0.15) is 30.5 Å². The van der Waals surface area contributed by atoms with Crippen LogP contribution < -0.4 is 0 Å². The molecule has 1 aliphatic carbocycles. The molecule has 3 aliphatic heterocycles. The summed E-state index contributed by atoms with van der Waals surface area (Å²) in [7, 11) is 7.93. The van der Waals surface area contributed by atoms with Gasteiger partial charge in [-0.1, -0.05) is 71.1 Å². The third kappa shape index (κ3) is 22.2. The molecule has 4 aliphatic rings. The van der Waals surface area contributed by atoms with Crippen LogP contribution in [0.1, 0.15) is 138 Å². The fraction of sp³-hybridized carbons (Fsp3) is 0.794. The highest BCUT2D eigenvalue weighted by Gasteiger charge is 2.53. The Kier molecular flexibility index (Phi) is 32.4. The largest absolute Gasteiger partial charge is 0.481 e. The van der Waals surface area contributed by atoms with Crippen LogP contribution in [0.4, 0.5) is 0 Å². The molecule has 16 atom stereocenters. The highest BCUT2D eigenvalue weighted by atomic mass is 32.1. The molecule has 2 N–H and O–H groups in total. The average molecular weight is 1180 g/mol. The van der Waals surface area contributed by atoms with E-state index >= 15 is 0 Å². The van der Waals surface area contributed by atoms with Gasteiger partial charge in [-0.25, -0.2) is 4.79 Å². The molecule has 19 heteroatoms. The van der Waals surface area contributed by atoms with Gasteiger partial charge in [-0.15, -0.1) is 0 Å². The number of rotatable bonds is 21. The van der Waals surface area contributed by atoms with Gasteiger partial charge in [0.2, 0.25) is 5.79 Å². The number of hydrogen-bond acceptors (Lipinski definition) is 18. The predicted octanol–water partition coefficient (Wildman–Crippen LogP) is 8.45. The molecular weight excluding hydrogens is 1070 g/mol. The van der Waals surface area contributed by atoms with E-state index in [9.17, 15) is 29.4 Å². The lowest BCUT2D eigenvalue weighted by Crippen LogP contribution is -2.61. The Bertz CT molecular complexity index is 2080. The number of allylic oxidation sites excluding steroid dienone is 5. The normalized spacial score (nSPS) is 35.3. The first-order chi connectivity index (χ1) is 39.2. The second kappa shape index (κ2) is 37.3. The zero-order valence-corrected chi connectivity index (χ0v) is 52.4. The Hall–Kier alpha value is -3.31. The maximum atomic E-state index is 14.8. The average Bonchev–Trinajstić information content (AvgIpc) is 3.47. The molecule has 0 aromatic heterocycles. The number of esters is 1. The number of amides is 1. The van der Waals surface area contributed by atoms with E-state index in [2.05, 4.69) is 0 Å². The first kappa shape index (κ1) is 71.2. The van der Waals surface area contributed by atoms with Crippen molar-refractivity contribution in [3.05, 3.63) is 47.6 Å². The van der Waals surface area contributed by atoms with Crippen LogP contribution >= 0.6 is 12.2 Å². The number of cyclic esters (lactones) is 1. The second-order valence-corrected chi connectivity index (χ2v) is 23.9. The number of hydrogen-bond donors (Lipinski definition) is 2. The van der Waals surface area contributed by atoms with E-state index in [1.807, 2.05) is 71.1 Å². The van der Waals surface area contributed by atoms with Crippen LogP contribution in [-0.2, 0) is 71.3 Å². The molecule has 0 spiro atoms. The predicted molar refractivity (Wildman–Crippen MR) is 316 cm³/mol. The molecule has 0 aromatic carbocycles. The van der Waals surface area contributed by atoms with Crippen LogP contribution in [0.25, 0.3) is 0 Å². The van der Waals surface area contributed by atoms with Crippen molar-refractivity contribution >= 4 is 40.7 Å². The molecular formula is C63H103NO17S. The standard InChI is InChI=1S/C63H103NO17S/c1-41-19-14-13-15-20-42(2)52(72-9)39-49-25-23-47(7)63(70,81-49)60(67)61(68)64-27-17-16-21-50(64)62(69)80-54(40-53(73-10)43(3)36-46(6)58(66)59(75-12)57(65)45(5)35-41)44(4)37-48-24-26-51(55(38-48)74-11)79-56(82)22-18-28-76-31-32-78-34-33-77-30-29-71-8/h13-15,19-20,36,41,43-45,47-55,58-59,66,70H,16-18,21-35,37-40H2,1-12H3/b15-13+,19-14+,42-20+,46-36+/t41-,43-,44-,45-,47-,48+,49+,50+,51-,52+,53-,54+,55-,58-,59+,63-/m1/s1. The van der Waals surface area contributed by atoms with E-state index in [0.29, 0.717) is 128 Å². The minimum absolute atomic E-state index is 0.0337. The van der Waals surface area contributed by atoms with Crippen molar-refractivity contribution in [3.63, 3.8) is 0 Å². The van der Waals surface area contributed by atoms with Gasteiger partial charge in [-0.2, -0.15) is 0 Å². The highest BCUT2D eigenvalue weighted by molar-refractivity contribution is 7.80. The van der Waals surface area contributed by atoms with Crippen molar-refractivity contribution in [3.8, 4) is 0 Å². The summed E-state index contributed by atoms with van der Waals surface area (Å²) in [6.07, 6.45) is 14.1. The lowest BCUT2D eigenvalue weighted by molar-refractivity contribution is -0.265. The first-order valence-corrected chi connectivity index (χ1v) is 30.5. The van der Waals surface area contributed by atoms with Crippen LogP contribution in [-0.4, -0.2) is 193 Å². The van der Waals surface area contributed by atoms with Crippen molar-refractivity contribution < 1.29 is 81.5 Å². The van der Waals surface area contributed by atoms with Crippen LogP contribution in [0.3, 0.4) is 0 Å². The molecule has 18 nitrogen and oxygen atoms in total. The summed E-state index contributed by atoms with van der Waals surface area (Å²) in [5, 5.41) is 24.3. The van der Waals surface area contributed by atoms with Gasteiger partial charge in [-0.05, 0) is 126 Å². The third-order valence-corrected chi connectivity index (χ3v) is 17.3. The SMILES string of the molecule is COCCOCCOCCOCCCC(=S)O[C@@H]1CC[C@@H](C[C@@H](C)[C@@H]2C[C@@H](OC)[C@H](C)/C=C(\C)[C@@H](O)[C@@H](OC)C(=O)[C@H](C)C[C@H](C)/C=C/C=C/C=C(\C)[C@@H](OC)C[C@@H]3CC[C@@H](C)[C@@](O)(O3)C(=O)C(=O)N3CCCC[C@H]3C(=O)O2)C[C@H]1OC. The lowest BCUT2D eigenvalue weighted by atomic mass is 9.78. The van der Waals surface area contributed by atoms with Gasteiger partial charge in [0, 0.05) is 85.7 Å². The number of nitrogens with zero attached hydrogens (tertiary/aromatic N) is 1. The molecule has 3 heterocycles. The van der Waals surface area contributed by atoms with Crippen molar-refractivity contribution in [1.82, 2.24) is 4.90 Å². The monoisotopic (exact) mass is 1180 g/mol. The molecule has 1 amide bonds. The number of aliphatic hydroxyl groups is 2. The zero-order chi connectivity index (χ0) is 60.4. The molecule has 1 saturated carbocycles. The van der Waals surface area contributed by atoms with Crippen molar-refractivity contribution in [2.75, 3.05) is 88.3 Å². The molecule has 468 valence electrons. The van der Waals surface area contributed by atoms with Crippen LogP contribution in [0.2, 0.25) is 0 Å². The van der Waals surface area contributed by atoms with Crippen molar-refractivity contribution in [2.24, 2.45) is 35.5 Å². The maximum absolute atomic E-state index is 14.8. The number of aliphatic hydroxyl groups excluding tert-OH is 1. The Morgan fingerprint density at radius 2 is 1.44 bits per heavy atom. The zero-order valence-electron chi connectivity index (χ0n) is 51.6. The fourth-order valence-electron chi connectivity index (χ4n) is 11.9. The molecule has 2 bridgehead atoms. The number of ether oxygens (including phenoxy) is 11. The number of methoxy groups -OCH3 is 5. The number of carbonyl (C=O) groups excluding carboxylic acids is 4. The Labute approximate surface area is 495 Å². The van der Waals surface area contributed by atoms with Gasteiger partial charge in [-0.3, -0.25) is 14.4 Å². The van der Waals surface area contributed by atoms with E-state index in [1.54, 1.807) is 42.3 Å². The Morgan fingerprint density at radius 1 is 0.756 bits per heavy atom. The number of piperidine rings is 1. The summed E-state index contributed by atoms with van der Waals surface area (Å²) in [6.45, 7) is 16.9. The number of Topliss-reactive ketones (excluding diaryl/α,β-unsaturated/α-hetero) is 2. The molecule has 0 radical (unpaired) electrons. The number of thiocarbonyl (C=S) groups is 1. The number of ketones is 2. The molecule has 0 unspecified atom stereocenters. The summed E-state index contributed by atoms with van der Waals surface area (Å²) < 4.78 is 64.6. The Balaban J connectivity index is 1.57. The van der Waals surface area contributed by atoms with Gasteiger partial charge >= 0.3 is 5.97 Å². The van der Waals surface area contributed by atoms with E-state index in [-0.39, 0.29) is 61.0 Å². The molecule has 82 heavy (non-hydrogen) atoms. The summed E-state index contributed by atoms with van der Waals surface area (Å²) in [5.41, 5.74) is 1.42. The van der Waals surface area contributed by atoms with Crippen molar-refractivity contribution in [2.45, 2.75) is 199 Å². The van der Waals surface area contributed by atoms with Crippen molar-refractivity contribution in [1.29, 1.82) is 0 Å². The van der Waals surface area contributed by atoms with E-state index in [4.69, 9.17) is 64.3 Å².